The predicted octanol–water partition coefficient (Wildman–Crippen LogP) is 4.44. The summed E-state index contributed by atoms with van der Waals surface area (Å²) in [7, 11) is 0. The van der Waals surface area contributed by atoms with Gasteiger partial charge in [-0.25, -0.2) is 0 Å². The number of aryl methyl sites for hydroxylation is 1. The molecular weight excluding hydrogens is 348 g/mol. The van der Waals surface area contributed by atoms with Crippen LogP contribution in [-0.2, 0) is 16.0 Å². The van der Waals surface area contributed by atoms with E-state index in [9.17, 15) is 9.59 Å². The fraction of sp³-hybridized carbons (Fsp3) is 0.0833. The molecule has 0 saturated carbocycles. The molecule has 0 heterocycles. The zero-order valence-electron chi connectivity index (χ0n) is 15.6. The van der Waals surface area contributed by atoms with Crippen LogP contribution in [0.25, 0.3) is 6.08 Å². The molecule has 0 aromatic heterocycles. The second-order valence-electron chi connectivity index (χ2n) is 6.05. The summed E-state index contributed by atoms with van der Waals surface area (Å²) < 4.78 is 0. The molecule has 0 saturated heterocycles. The summed E-state index contributed by atoms with van der Waals surface area (Å²) in [5, 5.41) is 2.87. The van der Waals surface area contributed by atoms with E-state index in [-0.39, 0.29) is 5.91 Å². The molecule has 0 aliphatic heterocycles. The van der Waals surface area contributed by atoms with Crippen molar-refractivity contribution in [2.45, 2.75) is 12.8 Å². The number of benzene rings is 3. The highest BCUT2D eigenvalue weighted by molar-refractivity contribution is 5.91. The Labute approximate surface area is 165 Å². The lowest BCUT2D eigenvalue weighted by molar-refractivity contribution is -0.116. The van der Waals surface area contributed by atoms with Crippen molar-refractivity contribution in [2.75, 3.05) is 5.32 Å². The fourth-order valence-corrected chi connectivity index (χ4v) is 2.39. The first-order chi connectivity index (χ1) is 13.6. The van der Waals surface area contributed by atoms with Crippen LogP contribution in [0.15, 0.2) is 97.1 Å². The van der Waals surface area contributed by atoms with Crippen LogP contribution in [0, 0.1) is 0 Å². The van der Waals surface area contributed by atoms with E-state index in [1.54, 1.807) is 6.08 Å². The highest BCUT2D eigenvalue weighted by Crippen LogP contribution is 2.07. The van der Waals surface area contributed by atoms with E-state index in [2.05, 4.69) is 5.32 Å². The van der Waals surface area contributed by atoms with Crippen LogP contribution in [0.1, 0.15) is 17.5 Å². The summed E-state index contributed by atoms with van der Waals surface area (Å²) in [5.41, 5.74) is 7.94. The van der Waals surface area contributed by atoms with Crippen LogP contribution in [0.5, 0.6) is 0 Å². The van der Waals surface area contributed by atoms with E-state index in [1.165, 1.54) is 11.6 Å². The topological polar surface area (TPSA) is 72.2 Å². The van der Waals surface area contributed by atoms with Crippen LogP contribution in [0.4, 0.5) is 5.69 Å². The van der Waals surface area contributed by atoms with Crippen molar-refractivity contribution < 1.29 is 9.59 Å². The normalized spacial score (nSPS) is 10.0. The Bertz CT molecular complexity index is 876. The summed E-state index contributed by atoms with van der Waals surface area (Å²) in [6.07, 6.45) is 4.32. The number of rotatable bonds is 6. The van der Waals surface area contributed by atoms with Crippen LogP contribution >= 0.6 is 0 Å². The molecule has 142 valence electrons. The molecule has 0 atom stereocenters. The molecule has 0 aliphatic carbocycles. The molecule has 0 radical (unpaired) electrons. The summed E-state index contributed by atoms with van der Waals surface area (Å²) in [5.74, 6) is -0.367. The molecule has 4 heteroatoms. The van der Waals surface area contributed by atoms with Gasteiger partial charge < -0.3 is 11.1 Å². The summed E-state index contributed by atoms with van der Waals surface area (Å²) in [6.45, 7) is 0. The minimum absolute atomic E-state index is 0.0556. The lowest BCUT2D eigenvalue weighted by Gasteiger charge is -2.04. The van der Waals surface area contributed by atoms with E-state index < -0.39 is 5.91 Å². The summed E-state index contributed by atoms with van der Waals surface area (Å²) >= 11 is 0. The summed E-state index contributed by atoms with van der Waals surface area (Å²) in [4.78, 5) is 22.0. The number of nitrogens with one attached hydrogen (secondary N) is 1. The number of para-hydroxylation sites is 1. The van der Waals surface area contributed by atoms with Crippen LogP contribution in [-0.4, -0.2) is 11.8 Å². The lowest BCUT2D eigenvalue weighted by Crippen LogP contribution is -2.12. The van der Waals surface area contributed by atoms with Gasteiger partial charge in [-0.2, -0.15) is 0 Å². The maximum absolute atomic E-state index is 11.7. The highest BCUT2D eigenvalue weighted by atomic mass is 16.1. The van der Waals surface area contributed by atoms with Crippen molar-refractivity contribution in [3.8, 4) is 0 Å². The third kappa shape index (κ3) is 8.63. The molecule has 4 nitrogen and oxygen atoms in total. The molecule has 3 rings (SSSR count). The number of carbonyl (C=O) groups is 2. The number of carbonyl (C=O) groups excluding carboxylic acids is 2. The highest BCUT2D eigenvalue weighted by Gasteiger charge is 2.02. The Morgan fingerprint density at radius 3 is 1.89 bits per heavy atom. The number of anilines is 1. The second-order valence-corrected chi connectivity index (χ2v) is 6.05. The van der Waals surface area contributed by atoms with Crippen LogP contribution in [0.2, 0.25) is 0 Å². The summed E-state index contributed by atoms with van der Waals surface area (Å²) in [6, 6.07) is 29.1. The Morgan fingerprint density at radius 2 is 1.32 bits per heavy atom. The van der Waals surface area contributed by atoms with Gasteiger partial charge in [-0.1, -0.05) is 78.9 Å². The van der Waals surface area contributed by atoms with Crippen molar-refractivity contribution in [1.82, 2.24) is 0 Å². The average molecular weight is 372 g/mol. The minimum atomic E-state index is -0.422. The van der Waals surface area contributed by atoms with Gasteiger partial charge in [-0.15, -0.1) is 0 Å². The van der Waals surface area contributed by atoms with Gasteiger partial charge >= 0.3 is 0 Å². The van der Waals surface area contributed by atoms with Gasteiger partial charge in [0.15, 0.2) is 0 Å². The van der Waals surface area contributed by atoms with Crippen molar-refractivity contribution >= 4 is 23.6 Å². The van der Waals surface area contributed by atoms with Gasteiger partial charge in [0.25, 0.3) is 0 Å². The maximum atomic E-state index is 11.7. The SMILES string of the molecule is NC(=O)C=Cc1ccccc1.O=C(CCc1ccccc1)Nc1ccccc1. The van der Waals surface area contributed by atoms with E-state index >= 15 is 0 Å². The first-order valence-corrected chi connectivity index (χ1v) is 9.05. The van der Waals surface area contributed by atoms with E-state index in [4.69, 9.17) is 5.73 Å². The van der Waals surface area contributed by atoms with E-state index in [1.807, 2.05) is 91.0 Å². The third-order valence-corrected chi connectivity index (χ3v) is 3.78. The molecule has 3 aromatic carbocycles. The van der Waals surface area contributed by atoms with Gasteiger partial charge in [0.2, 0.25) is 11.8 Å². The Hall–Kier alpha value is -3.66. The number of hydrogen-bond acceptors (Lipinski definition) is 2. The molecule has 3 aromatic rings. The Balaban J connectivity index is 0.000000221. The van der Waals surface area contributed by atoms with Gasteiger partial charge in [0, 0.05) is 18.2 Å². The van der Waals surface area contributed by atoms with Gasteiger partial charge in [-0.05, 0) is 35.8 Å². The van der Waals surface area contributed by atoms with E-state index in [0.717, 1.165) is 17.7 Å². The monoisotopic (exact) mass is 372 g/mol. The fourth-order valence-electron chi connectivity index (χ4n) is 2.39. The van der Waals surface area contributed by atoms with Gasteiger partial charge in [-0.3, -0.25) is 9.59 Å². The zero-order chi connectivity index (χ0) is 20.0. The van der Waals surface area contributed by atoms with Gasteiger partial charge in [0.1, 0.15) is 0 Å². The second kappa shape index (κ2) is 11.9. The van der Waals surface area contributed by atoms with Crippen molar-refractivity contribution in [3.05, 3.63) is 108 Å². The molecule has 0 bridgehead atoms. The Kier molecular flexibility index (Phi) is 8.75. The first-order valence-electron chi connectivity index (χ1n) is 9.05. The van der Waals surface area contributed by atoms with Gasteiger partial charge in [0.05, 0.1) is 0 Å². The smallest absolute Gasteiger partial charge is 0.241 e. The molecule has 0 spiro atoms. The number of nitrogens with two attached hydrogens (primary N) is 1. The zero-order valence-corrected chi connectivity index (χ0v) is 15.6. The molecule has 2 amide bonds. The molecule has 0 aliphatic rings. The molecule has 0 unspecified atom stereocenters. The molecular formula is C24H24N2O2. The number of hydrogen-bond donors (Lipinski definition) is 2. The number of amides is 2. The molecule has 28 heavy (non-hydrogen) atoms. The van der Waals surface area contributed by atoms with Crippen molar-refractivity contribution in [2.24, 2.45) is 5.73 Å². The molecule has 0 fully saturated rings. The maximum Gasteiger partial charge on any atom is 0.241 e. The Morgan fingerprint density at radius 1 is 0.786 bits per heavy atom. The van der Waals surface area contributed by atoms with Crippen LogP contribution < -0.4 is 11.1 Å². The standard InChI is InChI=1S/C15H15NO.C9H9NO/c17-15(16-14-9-5-2-6-10-14)12-11-13-7-3-1-4-8-13;10-9(11)7-6-8-4-2-1-3-5-8/h1-10H,11-12H2,(H,16,17);1-7H,(H2,10,11). The first kappa shape index (κ1) is 20.6. The van der Waals surface area contributed by atoms with Crippen LogP contribution in [0.3, 0.4) is 0 Å². The van der Waals surface area contributed by atoms with Crippen molar-refractivity contribution in [3.63, 3.8) is 0 Å². The predicted molar refractivity (Wildman–Crippen MR) is 115 cm³/mol. The third-order valence-electron chi connectivity index (χ3n) is 3.78. The number of primary amides is 1. The average Bonchev–Trinajstić information content (AvgIpc) is 2.73. The lowest BCUT2D eigenvalue weighted by atomic mass is 10.1. The quantitative estimate of drug-likeness (QED) is 0.628. The minimum Gasteiger partial charge on any atom is -0.366 e. The van der Waals surface area contributed by atoms with Crippen molar-refractivity contribution in [1.29, 1.82) is 0 Å². The largest absolute Gasteiger partial charge is 0.366 e. The van der Waals surface area contributed by atoms with E-state index in [0.29, 0.717) is 6.42 Å². The molecule has 3 N–H and O–H groups in total.